The molecule has 216 valence electrons. The molecule has 0 heterocycles. The van der Waals surface area contributed by atoms with Gasteiger partial charge in [-0.25, -0.2) is 4.79 Å². The van der Waals surface area contributed by atoms with E-state index in [1.807, 2.05) is 30.3 Å². The Morgan fingerprint density at radius 2 is 1.72 bits per heavy atom. The number of para-hydroxylation sites is 1. The van der Waals surface area contributed by atoms with Gasteiger partial charge in [0, 0.05) is 6.42 Å². The van der Waals surface area contributed by atoms with Gasteiger partial charge in [0.2, 0.25) is 0 Å². The fourth-order valence-electron chi connectivity index (χ4n) is 9.76. The Morgan fingerprint density at radius 3 is 2.46 bits per heavy atom. The van der Waals surface area contributed by atoms with Crippen LogP contribution in [0.25, 0.3) is 0 Å². The molecule has 5 rings (SSSR count). The Kier molecular flexibility index (Phi) is 8.56. The fourth-order valence-corrected chi connectivity index (χ4v) is 9.76. The van der Waals surface area contributed by atoms with E-state index >= 15 is 0 Å². The highest BCUT2D eigenvalue weighted by atomic mass is 16.6. The lowest BCUT2D eigenvalue weighted by molar-refractivity contribution is -0.159. The fraction of sp³-hybridized carbons (Fsp3) is 0.750. The minimum atomic E-state index is -0.593. The maximum atomic E-state index is 12.9. The van der Waals surface area contributed by atoms with Gasteiger partial charge in [-0.1, -0.05) is 83.7 Å². The molecule has 0 bridgehead atoms. The van der Waals surface area contributed by atoms with Gasteiger partial charge in [0.25, 0.3) is 0 Å². The Hall–Kier alpha value is -1.77. The predicted octanol–water partition coefficient (Wildman–Crippen LogP) is 9.41. The Labute approximate surface area is 238 Å². The summed E-state index contributed by atoms with van der Waals surface area (Å²) in [7, 11) is 0. The molecule has 0 saturated heterocycles. The number of hydrogen-bond donors (Lipinski definition) is 0. The summed E-state index contributed by atoms with van der Waals surface area (Å²) in [4.78, 5) is 12.9. The molecule has 0 aliphatic heterocycles. The van der Waals surface area contributed by atoms with E-state index in [1.165, 1.54) is 51.4 Å². The Morgan fingerprint density at radius 1 is 0.949 bits per heavy atom. The average molecular weight is 535 g/mol. The van der Waals surface area contributed by atoms with Crippen LogP contribution >= 0.6 is 0 Å². The Balaban J connectivity index is 1.21. The first kappa shape index (κ1) is 28.7. The lowest BCUT2D eigenvalue weighted by atomic mass is 9.47. The van der Waals surface area contributed by atoms with Crippen molar-refractivity contribution in [2.45, 2.75) is 124 Å². The SMILES string of the molecule is CC(C)CCC[C@@H](C)[C@H]1CC[C@H]2[C@@H]3CC=C4C[C@@H](OC(=O)[C@@H](C)Oc5ccccc5)CC[C@]4(C)[C@H]3CC[C@]12C. The zero-order chi connectivity index (χ0) is 27.8. The van der Waals surface area contributed by atoms with Crippen molar-refractivity contribution in [3.05, 3.63) is 42.0 Å². The van der Waals surface area contributed by atoms with Crippen molar-refractivity contribution in [1.29, 1.82) is 0 Å². The largest absolute Gasteiger partial charge is 0.479 e. The summed E-state index contributed by atoms with van der Waals surface area (Å²) in [6, 6.07) is 9.56. The molecule has 1 aromatic carbocycles. The molecule has 0 N–H and O–H groups in total. The Bertz CT molecular complexity index is 1010. The molecular weight excluding hydrogens is 480 g/mol. The summed E-state index contributed by atoms with van der Waals surface area (Å²) in [6.07, 6.45) is 16.1. The standard InChI is InChI=1S/C36H54O3/c1-24(2)11-10-12-25(3)31-17-18-32-30-16-15-27-23-29(19-21-35(27,5)33(30)20-22-36(31,32)6)39-34(37)26(4)38-28-13-8-7-9-14-28/h7-9,13-15,24-26,29-33H,10-12,16-23H2,1-6H3/t25-,26-,29+,30+,31-,32+,33+,35+,36-/m1/s1. The van der Waals surface area contributed by atoms with Crippen LogP contribution in [0.15, 0.2) is 42.0 Å². The van der Waals surface area contributed by atoms with E-state index in [0.717, 1.165) is 54.8 Å². The number of fused-ring (bicyclic) bond motifs is 5. The molecule has 1 aromatic rings. The van der Waals surface area contributed by atoms with Crippen molar-refractivity contribution in [2.75, 3.05) is 0 Å². The number of hydrogen-bond acceptors (Lipinski definition) is 3. The molecule has 3 fully saturated rings. The second kappa shape index (κ2) is 11.6. The van der Waals surface area contributed by atoms with Crippen molar-refractivity contribution in [3.8, 4) is 5.75 Å². The first-order valence-corrected chi connectivity index (χ1v) is 16.2. The van der Waals surface area contributed by atoms with Gasteiger partial charge >= 0.3 is 5.97 Å². The third kappa shape index (κ3) is 5.71. The average Bonchev–Trinajstić information content (AvgIpc) is 3.26. The quantitative estimate of drug-likeness (QED) is 0.234. The molecule has 3 heteroatoms. The first-order valence-electron chi connectivity index (χ1n) is 16.2. The summed E-state index contributed by atoms with van der Waals surface area (Å²) in [6.45, 7) is 14.3. The minimum Gasteiger partial charge on any atom is -0.479 e. The molecule has 0 aromatic heterocycles. The highest BCUT2D eigenvalue weighted by Crippen LogP contribution is 2.67. The second-order valence-electron chi connectivity index (χ2n) is 14.7. The van der Waals surface area contributed by atoms with E-state index < -0.39 is 6.10 Å². The molecule has 0 unspecified atom stereocenters. The highest BCUT2D eigenvalue weighted by Gasteiger charge is 2.59. The van der Waals surface area contributed by atoms with Crippen LogP contribution in [0.3, 0.4) is 0 Å². The van der Waals surface area contributed by atoms with Crippen LogP contribution in [0, 0.1) is 46.3 Å². The molecule has 3 saturated carbocycles. The van der Waals surface area contributed by atoms with E-state index in [9.17, 15) is 4.79 Å². The number of rotatable bonds is 9. The van der Waals surface area contributed by atoms with Crippen LogP contribution in [0.4, 0.5) is 0 Å². The van der Waals surface area contributed by atoms with Crippen molar-refractivity contribution >= 4 is 5.97 Å². The number of ether oxygens (including phenoxy) is 2. The summed E-state index contributed by atoms with van der Waals surface area (Å²) in [5, 5.41) is 0. The molecular formula is C36H54O3. The van der Waals surface area contributed by atoms with E-state index in [0.29, 0.717) is 11.2 Å². The van der Waals surface area contributed by atoms with Gasteiger partial charge in [0.05, 0.1) is 0 Å². The van der Waals surface area contributed by atoms with Crippen LogP contribution in [0.2, 0.25) is 0 Å². The highest BCUT2D eigenvalue weighted by molar-refractivity contribution is 5.74. The van der Waals surface area contributed by atoms with Gasteiger partial charge < -0.3 is 9.47 Å². The van der Waals surface area contributed by atoms with E-state index in [2.05, 4.69) is 40.7 Å². The van der Waals surface area contributed by atoms with E-state index in [-0.39, 0.29) is 17.5 Å². The molecule has 4 aliphatic carbocycles. The lowest BCUT2D eigenvalue weighted by Crippen LogP contribution is -2.51. The lowest BCUT2D eigenvalue weighted by Gasteiger charge is -2.58. The molecule has 9 atom stereocenters. The number of carbonyl (C=O) groups excluding carboxylic acids is 1. The second-order valence-corrected chi connectivity index (χ2v) is 14.7. The van der Waals surface area contributed by atoms with Gasteiger partial charge in [-0.3, -0.25) is 0 Å². The number of allylic oxidation sites excluding steroid dienone is 1. The van der Waals surface area contributed by atoms with Crippen molar-refractivity contribution in [3.63, 3.8) is 0 Å². The van der Waals surface area contributed by atoms with Crippen LogP contribution in [0.5, 0.6) is 5.75 Å². The predicted molar refractivity (Wildman–Crippen MR) is 159 cm³/mol. The number of esters is 1. The molecule has 0 radical (unpaired) electrons. The third-order valence-corrected chi connectivity index (χ3v) is 11.9. The van der Waals surface area contributed by atoms with Gasteiger partial charge in [0.15, 0.2) is 6.10 Å². The number of carbonyl (C=O) groups is 1. The van der Waals surface area contributed by atoms with Crippen LogP contribution in [-0.4, -0.2) is 18.2 Å². The van der Waals surface area contributed by atoms with Crippen molar-refractivity contribution in [1.82, 2.24) is 0 Å². The summed E-state index contributed by atoms with van der Waals surface area (Å²) >= 11 is 0. The number of benzene rings is 1. The molecule has 0 amide bonds. The van der Waals surface area contributed by atoms with Crippen LogP contribution < -0.4 is 4.74 Å². The maximum Gasteiger partial charge on any atom is 0.347 e. The van der Waals surface area contributed by atoms with Gasteiger partial charge in [-0.2, -0.15) is 0 Å². The summed E-state index contributed by atoms with van der Waals surface area (Å²) < 4.78 is 11.9. The zero-order valence-corrected chi connectivity index (χ0v) is 25.6. The van der Waals surface area contributed by atoms with Crippen LogP contribution in [0.1, 0.15) is 112 Å². The minimum absolute atomic E-state index is 0.0217. The molecule has 39 heavy (non-hydrogen) atoms. The smallest absolute Gasteiger partial charge is 0.347 e. The van der Waals surface area contributed by atoms with Gasteiger partial charge in [-0.15, -0.1) is 0 Å². The molecule has 4 aliphatic rings. The maximum absolute atomic E-state index is 12.9. The first-order chi connectivity index (χ1) is 18.6. The van der Waals surface area contributed by atoms with Crippen molar-refractivity contribution < 1.29 is 14.3 Å². The topological polar surface area (TPSA) is 35.5 Å². The van der Waals surface area contributed by atoms with Gasteiger partial charge in [-0.05, 0) is 110 Å². The normalized spacial score (nSPS) is 37.2. The molecule has 0 spiro atoms. The molecule has 3 nitrogen and oxygen atoms in total. The summed E-state index contributed by atoms with van der Waals surface area (Å²) in [5.74, 6) is 5.58. The third-order valence-electron chi connectivity index (χ3n) is 11.9. The van der Waals surface area contributed by atoms with Crippen molar-refractivity contribution in [2.24, 2.45) is 46.3 Å². The van der Waals surface area contributed by atoms with Crippen LogP contribution in [-0.2, 0) is 9.53 Å². The summed E-state index contributed by atoms with van der Waals surface area (Å²) in [5.41, 5.74) is 2.38. The van der Waals surface area contributed by atoms with Gasteiger partial charge in [0.1, 0.15) is 11.9 Å². The van der Waals surface area contributed by atoms with E-state index in [1.54, 1.807) is 12.5 Å². The van der Waals surface area contributed by atoms with E-state index in [4.69, 9.17) is 9.47 Å². The monoisotopic (exact) mass is 534 g/mol. The zero-order valence-electron chi connectivity index (χ0n) is 25.6.